The highest BCUT2D eigenvalue weighted by Crippen LogP contribution is 2.28. The van der Waals surface area contributed by atoms with E-state index in [0.29, 0.717) is 0 Å². The summed E-state index contributed by atoms with van der Waals surface area (Å²) in [5.41, 5.74) is -0.570. The van der Waals surface area contributed by atoms with Crippen LogP contribution in [0, 0.1) is 23.3 Å². The number of hydrogen-bond acceptors (Lipinski definition) is 2. The monoisotopic (exact) mass is 329 g/mol. The van der Waals surface area contributed by atoms with Crippen molar-refractivity contribution in [3.63, 3.8) is 0 Å². The summed E-state index contributed by atoms with van der Waals surface area (Å²) in [6.45, 7) is 1.42. The van der Waals surface area contributed by atoms with Gasteiger partial charge in [-0.2, -0.15) is 0 Å². The molecule has 22 heavy (non-hydrogen) atoms. The highest BCUT2D eigenvalue weighted by molar-refractivity contribution is 8.00. The number of carbonyl (C=O) groups is 1. The van der Waals surface area contributed by atoms with Gasteiger partial charge in [0.1, 0.15) is 29.0 Å². The number of hydrogen-bond donors (Lipinski definition) is 1. The molecule has 0 aliphatic rings. The highest BCUT2D eigenvalue weighted by Gasteiger charge is 2.20. The second-order valence-electron chi connectivity index (χ2n) is 4.42. The molecule has 1 N–H and O–H groups in total. The van der Waals surface area contributed by atoms with Crippen molar-refractivity contribution in [2.24, 2.45) is 0 Å². The van der Waals surface area contributed by atoms with Gasteiger partial charge in [-0.1, -0.05) is 6.07 Å². The molecule has 0 bridgehead atoms. The van der Waals surface area contributed by atoms with E-state index >= 15 is 0 Å². The molecular weight excluding hydrogens is 318 g/mol. The number of rotatable bonds is 4. The number of anilines is 1. The molecule has 0 heterocycles. The lowest BCUT2D eigenvalue weighted by Crippen LogP contribution is -2.23. The lowest BCUT2D eigenvalue weighted by atomic mass is 10.3. The van der Waals surface area contributed by atoms with Crippen LogP contribution >= 0.6 is 11.8 Å². The topological polar surface area (TPSA) is 29.1 Å². The summed E-state index contributed by atoms with van der Waals surface area (Å²) >= 11 is 0.751. The summed E-state index contributed by atoms with van der Waals surface area (Å²) < 4.78 is 53.5. The third-order valence-electron chi connectivity index (χ3n) is 2.78. The summed E-state index contributed by atoms with van der Waals surface area (Å²) in [6.07, 6.45) is 0. The molecule has 0 aromatic heterocycles. The molecule has 2 aromatic carbocycles. The van der Waals surface area contributed by atoms with Gasteiger partial charge in [-0.3, -0.25) is 4.79 Å². The van der Waals surface area contributed by atoms with E-state index in [1.54, 1.807) is 0 Å². The fourth-order valence-electron chi connectivity index (χ4n) is 1.65. The molecule has 116 valence electrons. The number of amides is 1. The smallest absolute Gasteiger partial charge is 0.237 e. The molecule has 0 saturated carbocycles. The molecule has 0 fully saturated rings. The van der Waals surface area contributed by atoms with E-state index < -0.39 is 40.1 Å². The second kappa shape index (κ2) is 6.83. The summed E-state index contributed by atoms with van der Waals surface area (Å²) in [6, 6.07) is 6.03. The van der Waals surface area contributed by atoms with Crippen molar-refractivity contribution >= 4 is 23.4 Å². The predicted molar refractivity (Wildman–Crippen MR) is 76.7 cm³/mol. The first-order valence-electron chi connectivity index (χ1n) is 6.25. The Hall–Kier alpha value is -2.02. The van der Waals surface area contributed by atoms with Crippen molar-refractivity contribution in [3.05, 3.63) is 59.7 Å². The van der Waals surface area contributed by atoms with E-state index in [1.807, 2.05) is 0 Å². The van der Waals surface area contributed by atoms with Gasteiger partial charge in [0.25, 0.3) is 0 Å². The van der Waals surface area contributed by atoms with Crippen LogP contribution in [0.15, 0.2) is 41.3 Å². The SMILES string of the molecule is C[C@@H](Sc1cc(F)ccc1F)C(=O)Nc1c(F)cccc1F. The van der Waals surface area contributed by atoms with Crippen molar-refractivity contribution in [1.29, 1.82) is 0 Å². The molecule has 1 atom stereocenters. The van der Waals surface area contributed by atoms with Crippen LogP contribution in [-0.2, 0) is 4.79 Å². The largest absolute Gasteiger partial charge is 0.320 e. The Labute approximate surface area is 128 Å². The van der Waals surface area contributed by atoms with Gasteiger partial charge in [0.2, 0.25) is 5.91 Å². The minimum absolute atomic E-state index is 0.0587. The maximum absolute atomic E-state index is 13.5. The van der Waals surface area contributed by atoms with Gasteiger partial charge >= 0.3 is 0 Å². The van der Waals surface area contributed by atoms with Gasteiger partial charge in [0.05, 0.1) is 5.25 Å². The molecule has 2 aromatic rings. The zero-order chi connectivity index (χ0) is 16.3. The molecule has 0 saturated heterocycles. The van der Waals surface area contributed by atoms with Gasteiger partial charge in [-0.05, 0) is 37.3 Å². The van der Waals surface area contributed by atoms with Crippen LogP contribution in [0.25, 0.3) is 0 Å². The molecule has 0 unspecified atom stereocenters. The van der Waals surface area contributed by atoms with E-state index in [1.165, 1.54) is 13.0 Å². The van der Waals surface area contributed by atoms with Crippen LogP contribution in [0.3, 0.4) is 0 Å². The number of benzene rings is 2. The summed E-state index contributed by atoms with van der Waals surface area (Å²) in [4.78, 5) is 11.9. The zero-order valence-corrected chi connectivity index (χ0v) is 12.2. The Kier molecular flexibility index (Phi) is 5.07. The Morgan fingerprint density at radius 2 is 1.68 bits per heavy atom. The molecule has 2 rings (SSSR count). The number of halogens is 4. The minimum atomic E-state index is -0.914. The zero-order valence-electron chi connectivity index (χ0n) is 11.4. The third-order valence-corrected chi connectivity index (χ3v) is 3.91. The first-order chi connectivity index (χ1) is 10.4. The number of thioether (sulfide) groups is 1. The van der Waals surface area contributed by atoms with Gasteiger partial charge in [-0.25, -0.2) is 17.6 Å². The molecule has 0 aliphatic carbocycles. The molecule has 0 radical (unpaired) electrons. The van der Waals surface area contributed by atoms with Crippen LogP contribution in [0.2, 0.25) is 0 Å². The van der Waals surface area contributed by atoms with Gasteiger partial charge in [0, 0.05) is 4.90 Å². The maximum Gasteiger partial charge on any atom is 0.237 e. The third kappa shape index (κ3) is 3.79. The Balaban J connectivity index is 2.11. The quantitative estimate of drug-likeness (QED) is 0.667. The average Bonchev–Trinajstić information content (AvgIpc) is 2.46. The van der Waals surface area contributed by atoms with Crippen LogP contribution < -0.4 is 5.32 Å². The predicted octanol–water partition coefficient (Wildman–Crippen LogP) is 4.36. The van der Waals surface area contributed by atoms with Crippen LogP contribution in [0.4, 0.5) is 23.2 Å². The molecular formula is C15H11F4NOS. The normalized spacial score (nSPS) is 12.0. The maximum atomic E-state index is 13.5. The van der Waals surface area contributed by atoms with E-state index in [-0.39, 0.29) is 4.90 Å². The first kappa shape index (κ1) is 16.4. The fourth-order valence-corrected chi connectivity index (χ4v) is 2.56. The average molecular weight is 329 g/mol. The van der Waals surface area contributed by atoms with Gasteiger partial charge in [-0.15, -0.1) is 11.8 Å². The van der Waals surface area contributed by atoms with Crippen molar-refractivity contribution in [1.82, 2.24) is 0 Å². The van der Waals surface area contributed by atoms with E-state index in [4.69, 9.17) is 0 Å². The minimum Gasteiger partial charge on any atom is -0.320 e. The second-order valence-corrected chi connectivity index (χ2v) is 5.80. The van der Waals surface area contributed by atoms with E-state index in [0.717, 1.165) is 42.1 Å². The summed E-state index contributed by atoms with van der Waals surface area (Å²) in [5.74, 6) is -3.87. The van der Waals surface area contributed by atoms with Crippen LogP contribution in [0.5, 0.6) is 0 Å². The van der Waals surface area contributed by atoms with E-state index in [2.05, 4.69) is 5.32 Å². The highest BCUT2D eigenvalue weighted by atomic mass is 32.2. The lowest BCUT2D eigenvalue weighted by molar-refractivity contribution is -0.115. The molecule has 7 heteroatoms. The molecule has 2 nitrogen and oxygen atoms in total. The summed E-state index contributed by atoms with van der Waals surface area (Å²) in [7, 11) is 0. The number of nitrogens with one attached hydrogen (secondary N) is 1. The summed E-state index contributed by atoms with van der Waals surface area (Å²) in [5, 5.41) is 1.23. The van der Waals surface area contributed by atoms with Crippen molar-refractivity contribution < 1.29 is 22.4 Å². The number of carbonyl (C=O) groups excluding carboxylic acids is 1. The van der Waals surface area contributed by atoms with Gasteiger partial charge in [0.15, 0.2) is 0 Å². The Morgan fingerprint density at radius 3 is 2.32 bits per heavy atom. The molecule has 1 amide bonds. The van der Waals surface area contributed by atoms with E-state index in [9.17, 15) is 22.4 Å². The lowest BCUT2D eigenvalue weighted by Gasteiger charge is -2.13. The first-order valence-corrected chi connectivity index (χ1v) is 7.13. The molecule has 0 spiro atoms. The Bertz CT molecular complexity index is 688. The van der Waals surface area contributed by atoms with Crippen LogP contribution in [0.1, 0.15) is 6.92 Å². The van der Waals surface area contributed by atoms with Crippen LogP contribution in [-0.4, -0.2) is 11.2 Å². The van der Waals surface area contributed by atoms with Crippen molar-refractivity contribution in [2.45, 2.75) is 17.1 Å². The fraction of sp³-hybridized carbons (Fsp3) is 0.133. The van der Waals surface area contributed by atoms with Crippen molar-refractivity contribution in [3.8, 4) is 0 Å². The van der Waals surface area contributed by atoms with Crippen molar-refractivity contribution in [2.75, 3.05) is 5.32 Å². The standard InChI is InChI=1S/C15H11F4NOS/c1-8(22-13-7-9(16)5-6-10(13)17)15(21)20-14-11(18)3-2-4-12(14)19/h2-8H,1H3,(H,20,21)/t8-/m1/s1. The molecule has 0 aliphatic heterocycles. The Morgan fingerprint density at radius 1 is 1.05 bits per heavy atom. The van der Waals surface area contributed by atoms with Gasteiger partial charge < -0.3 is 5.32 Å². The number of para-hydroxylation sites is 1.